The number of fused-ring (bicyclic) bond motifs is 1. The van der Waals surface area contributed by atoms with E-state index in [2.05, 4.69) is 0 Å². The van der Waals surface area contributed by atoms with E-state index in [1.807, 2.05) is 75.9 Å². The molecule has 1 unspecified atom stereocenters. The van der Waals surface area contributed by atoms with Crippen molar-refractivity contribution in [3.63, 3.8) is 0 Å². The lowest BCUT2D eigenvalue weighted by Crippen LogP contribution is -2.31. The third kappa shape index (κ3) is 4.21. The number of aliphatic hydroxyl groups excluding tert-OH is 1. The summed E-state index contributed by atoms with van der Waals surface area (Å²) in [4.78, 5) is 0. The zero-order valence-corrected chi connectivity index (χ0v) is 16.6. The molecular weight excluding hydrogens is 386 g/mol. The maximum absolute atomic E-state index is 10.6. The van der Waals surface area contributed by atoms with Gasteiger partial charge in [0, 0.05) is 0 Å². The summed E-state index contributed by atoms with van der Waals surface area (Å²) in [7, 11) is 0. The van der Waals surface area contributed by atoms with Crippen LogP contribution in [0.1, 0.15) is 5.56 Å². The summed E-state index contributed by atoms with van der Waals surface area (Å²) in [6.45, 7) is 0.944. The van der Waals surface area contributed by atoms with Gasteiger partial charge in [-0.05, 0) is 29.8 Å². The molecule has 0 radical (unpaired) electrons. The number of halogens is 1. The van der Waals surface area contributed by atoms with E-state index in [4.69, 9.17) is 21.7 Å². The normalized spacial score (nSPS) is 12.2. The van der Waals surface area contributed by atoms with Crippen molar-refractivity contribution >= 4 is 22.6 Å². The lowest BCUT2D eigenvalue weighted by molar-refractivity contribution is 0.0921. The number of rotatable bonds is 7. The molecule has 1 heterocycles. The summed E-state index contributed by atoms with van der Waals surface area (Å²) in [6.07, 6.45) is -0.781. The molecule has 0 bridgehead atoms. The number of benzene rings is 3. The molecule has 1 atom stereocenters. The van der Waals surface area contributed by atoms with Crippen molar-refractivity contribution in [2.75, 3.05) is 6.61 Å². The Balaban J connectivity index is 1.58. The van der Waals surface area contributed by atoms with Gasteiger partial charge < -0.3 is 19.0 Å². The van der Waals surface area contributed by atoms with E-state index >= 15 is 0 Å². The highest BCUT2D eigenvalue weighted by atomic mass is 35.5. The quantitative estimate of drug-likeness (QED) is 0.485. The molecule has 4 rings (SSSR count). The van der Waals surface area contributed by atoms with Crippen LogP contribution in [0.4, 0.5) is 0 Å². The van der Waals surface area contributed by atoms with Crippen LogP contribution in [-0.2, 0) is 13.1 Å². The first-order chi connectivity index (χ1) is 14.1. The van der Waals surface area contributed by atoms with Crippen LogP contribution < -0.4 is 10.4 Å². The van der Waals surface area contributed by atoms with Gasteiger partial charge in [0.2, 0.25) is 5.62 Å². The molecule has 0 aliphatic rings. The Labute approximate surface area is 173 Å². The topological polar surface area (TPSA) is 63.2 Å². The Morgan fingerprint density at radius 1 is 0.862 bits per heavy atom. The molecule has 0 fully saturated rings. The van der Waals surface area contributed by atoms with Crippen molar-refractivity contribution in [3.8, 4) is 5.75 Å². The van der Waals surface area contributed by atoms with Crippen LogP contribution in [0.15, 0.2) is 78.9 Å². The van der Waals surface area contributed by atoms with Gasteiger partial charge >= 0.3 is 0 Å². The lowest BCUT2D eigenvalue weighted by atomic mass is 10.2. The Bertz CT molecular complexity index is 1170. The molecule has 5 nitrogen and oxygen atoms in total. The first-order valence-corrected chi connectivity index (χ1v) is 9.83. The maximum Gasteiger partial charge on any atom is 0.203 e. The fraction of sp³-hybridized carbons (Fsp3) is 0.174. The second-order valence-electron chi connectivity index (χ2n) is 6.89. The average Bonchev–Trinajstić information content (AvgIpc) is 3.00. The molecule has 6 heteroatoms. The predicted molar refractivity (Wildman–Crippen MR) is 114 cm³/mol. The van der Waals surface area contributed by atoms with E-state index < -0.39 is 6.10 Å². The monoisotopic (exact) mass is 407 g/mol. The zero-order chi connectivity index (χ0) is 20.2. The number of aliphatic hydroxyl groups is 1. The minimum absolute atomic E-state index is 0.0916. The number of nitrogens with zero attached hydrogens (tertiary/aromatic N) is 2. The van der Waals surface area contributed by atoms with Crippen molar-refractivity contribution in [3.05, 3.63) is 95.1 Å². The molecule has 0 aliphatic heterocycles. The molecule has 0 aliphatic carbocycles. The van der Waals surface area contributed by atoms with Crippen LogP contribution in [0.25, 0.3) is 11.0 Å². The largest absolute Gasteiger partial charge is 0.489 e. The number of aromatic nitrogens is 2. The number of para-hydroxylation sites is 3. The molecule has 1 aromatic heterocycles. The van der Waals surface area contributed by atoms with Crippen LogP contribution in [-0.4, -0.2) is 27.0 Å². The molecular formula is C23H22ClN3O2. The van der Waals surface area contributed by atoms with Gasteiger partial charge in [-0.1, -0.05) is 66.2 Å². The van der Waals surface area contributed by atoms with Gasteiger partial charge in [-0.25, -0.2) is 0 Å². The van der Waals surface area contributed by atoms with Gasteiger partial charge in [0.15, 0.2) is 0 Å². The number of imidazole rings is 1. The van der Waals surface area contributed by atoms with E-state index in [9.17, 15) is 5.11 Å². The third-order valence-corrected chi connectivity index (χ3v) is 5.13. The summed E-state index contributed by atoms with van der Waals surface area (Å²) in [5.41, 5.74) is 3.33. The van der Waals surface area contributed by atoms with E-state index in [0.717, 1.165) is 16.6 Å². The Hall–Kier alpha value is -3.02. The van der Waals surface area contributed by atoms with Gasteiger partial charge in [-0.15, -0.1) is 0 Å². The van der Waals surface area contributed by atoms with E-state index in [1.54, 1.807) is 12.1 Å². The molecule has 0 saturated heterocycles. The number of hydrogen-bond donors (Lipinski definition) is 2. The minimum atomic E-state index is -0.781. The first kappa shape index (κ1) is 19.3. The predicted octanol–water partition coefficient (Wildman–Crippen LogP) is 4.06. The van der Waals surface area contributed by atoms with Gasteiger partial charge in [0.05, 0.1) is 29.1 Å². The van der Waals surface area contributed by atoms with Gasteiger partial charge in [-0.3, -0.25) is 5.41 Å². The summed E-state index contributed by atoms with van der Waals surface area (Å²) >= 11 is 6.11. The number of ether oxygens (including phenoxy) is 1. The maximum atomic E-state index is 10.6. The van der Waals surface area contributed by atoms with Gasteiger partial charge in [0.1, 0.15) is 18.5 Å². The lowest BCUT2D eigenvalue weighted by Gasteiger charge is -2.14. The number of hydrogen-bond acceptors (Lipinski definition) is 3. The zero-order valence-electron chi connectivity index (χ0n) is 15.8. The second-order valence-corrected chi connectivity index (χ2v) is 7.30. The Morgan fingerprint density at radius 2 is 1.48 bits per heavy atom. The minimum Gasteiger partial charge on any atom is -0.489 e. The van der Waals surface area contributed by atoms with Gasteiger partial charge in [0.25, 0.3) is 0 Å². The second kappa shape index (κ2) is 8.55. The molecule has 3 aromatic carbocycles. The van der Waals surface area contributed by atoms with Crippen LogP contribution in [0.2, 0.25) is 5.02 Å². The highest BCUT2D eigenvalue weighted by Crippen LogP contribution is 2.23. The fourth-order valence-corrected chi connectivity index (χ4v) is 3.61. The molecule has 4 aromatic rings. The molecule has 29 heavy (non-hydrogen) atoms. The standard InChI is InChI=1S/C23H22ClN3O2/c24-19-10-4-7-13-22(19)29-16-18(28)15-27-21-12-6-5-11-20(21)26(23(27)25)14-17-8-2-1-3-9-17/h1-13,18,25,28H,14-16H2. The molecule has 0 spiro atoms. The van der Waals surface area contributed by atoms with Crippen molar-refractivity contribution in [2.45, 2.75) is 19.2 Å². The average molecular weight is 408 g/mol. The Kier molecular flexibility index (Phi) is 5.69. The van der Waals surface area contributed by atoms with Crippen molar-refractivity contribution in [1.29, 1.82) is 5.41 Å². The van der Waals surface area contributed by atoms with Crippen molar-refractivity contribution in [2.24, 2.45) is 0 Å². The van der Waals surface area contributed by atoms with Crippen molar-refractivity contribution in [1.82, 2.24) is 9.13 Å². The highest BCUT2D eigenvalue weighted by molar-refractivity contribution is 6.32. The molecule has 0 amide bonds. The smallest absolute Gasteiger partial charge is 0.203 e. The van der Waals surface area contributed by atoms with E-state index in [0.29, 0.717) is 22.9 Å². The summed E-state index contributed by atoms with van der Waals surface area (Å²) in [6, 6.07) is 25.1. The third-order valence-electron chi connectivity index (χ3n) is 4.82. The van der Waals surface area contributed by atoms with Gasteiger partial charge in [-0.2, -0.15) is 0 Å². The number of nitrogens with one attached hydrogen (secondary N) is 1. The Morgan fingerprint density at radius 3 is 2.21 bits per heavy atom. The summed E-state index contributed by atoms with van der Waals surface area (Å²) in [5.74, 6) is 0.538. The van der Waals surface area contributed by atoms with Crippen LogP contribution in [0.3, 0.4) is 0 Å². The van der Waals surface area contributed by atoms with Crippen molar-refractivity contribution < 1.29 is 9.84 Å². The fourth-order valence-electron chi connectivity index (χ4n) is 3.42. The molecule has 148 valence electrons. The van der Waals surface area contributed by atoms with Crippen LogP contribution in [0.5, 0.6) is 5.75 Å². The summed E-state index contributed by atoms with van der Waals surface area (Å²) < 4.78 is 9.43. The molecule has 2 N–H and O–H groups in total. The first-order valence-electron chi connectivity index (χ1n) is 9.45. The van der Waals surface area contributed by atoms with E-state index in [-0.39, 0.29) is 13.2 Å². The highest BCUT2D eigenvalue weighted by Gasteiger charge is 2.15. The van der Waals surface area contributed by atoms with Crippen LogP contribution in [0, 0.1) is 5.41 Å². The summed E-state index contributed by atoms with van der Waals surface area (Å²) in [5, 5.41) is 19.8. The molecule has 0 saturated carbocycles. The van der Waals surface area contributed by atoms with Crippen LogP contribution >= 0.6 is 11.6 Å². The SMILES string of the molecule is N=c1n(Cc2ccccc2)c2ccccc2n1CC(O)COc1ccccc1Cl. The van der Waals surface area contributed by atoms with E-state index in [1.165, 1.54) is 0 Å².